The number of carbonyl (C=O) groups excluding carboxylic acids is 2. The largest absolute Gasteiger partial charge is 0.399 e. The second-order valence-corrected chi connectivity index (χ2v) is 8.06. The highest BCUT2D eigenvalue weighted by atomic mass is 35.5. The molecule has 0 spiro atoms. The van der Waals surface area contributed by atoms with E-state index in [9.17, 15) is 14.7 Å². The molecule has 3 N–H and O–H groups in total. The van der Waals surface area contributed by atoms with Crippen molar-refractivity contribution in [3.8, 4) is 0 Å². The van der Waals surface area contributed by atoms with Gasteiger partial charge in [-0.15, -0.1) is 0 Å². The number of aryl methyl sites for hydroxylation is 1. The van der Waals surface area contributed by atoms with Crippen LogP contribution in [0, 0.1) is 6.92 Å². The number of carbonyl (C=O) groups is 2. The second kappa shape index (κ2) is 7.59. The molecule has 0 aliphatic carbocycles. The Balaban J connectivity index is 1.71. The van der Waals surface area contributed by atoms with Crippen LogP contribution in [0.15, 0.2) is 66.7 Å². The van der Waals surface area contributed by atoms with Crippen molar-refractivity contribution in [3.05, 3.63) is 94.0 Å². The molecule has 152 valence electrons. The van der Waals surface area contributed by atoms with Crippen molar-refractivity contribution >= 4 is 34.7 Å². The summed E-state index contributed by atoms with van der Waals surface area (Å²) in [5.74, 6) is -0.918. The summed E-state index contributed by atoms with van der Waals surface area (Å²) >= 11 is 6.16. The minimum absolute atomic E-state index is 0.280. The van der Waals surface area contributed by atoms with Crippen molar-refractivity contribution in [1.29, 1.82) is 0 Å². The van der Waals surface area contributed by atoms with Crippen LogP contribution in [0.2, 0.25) is 5.02 Å². The molecule has 0 saturated carbocycles. The first-order valence-electron chi connectivity index (χ1n) is 9.56. The summed E-state index contributed by atoms with van der Waals surface area (Å²) in [5, 5.41) is 11.8. The number of anilines is 2. The molecule has 1 aliphatic heterocycles. The van der Waals surface area contributed by atoms with Gasteiger partial charge in [0, 0.05) is 21.8 Å². The van der Waals surface area contributed by atoms with Crippen molar-refractivity contribution in [2.45, 2.75) is 25.5 Å². The van der Waals surface area contributed by atoms with Crippen LogP contribution in [-0.4, -0.2) is 16.8 Å². The molecule has 1 amide bonds. The molecule has 0 unspecified atom stereocenters. The van der Waals surface area contributed by atoms with Crippen molar-refractivity contribution in [2.24, 2.45) is 0 Å². The van der Waals surface area contributed by atoms with Gasteiger partial charge in [0.25, 0.3) is 5.91 Å². The highest BCUT2D eigenvalue weighted by Gasteiger charge is 2.51. The Bertz CT molecular complexity index is 1140. The zero-order chi connectivity index (χ0) is 21.5. The fraction of sp³-hybridized carbons (Fsp3) is 0.167. The van der Waals surface area contributed by atoms with Gasteiger partial charge in [-0.3, -0.25) is 9.59 Å². The quantitative estimate of drug-likeness (QED) is 0.477. The molecule has 1 atom stereocenters. The first kappa shape index (κ1) is 20.1. The number of nitrogens with two attached hydrogens (primary N) is 1. The molecular formula is C24H21ClN2O3. The predicted octanol–water partition coefficient (Wildman–Crippen LogP) is 4.24. The Hall–Kier alpha value is -3.15. The minimum atomic E-state index is -1.99. The second-order valence-electron chi connectivity index (χ2n) is 7.62. The van der Waals surface area contributed by atoms with E-state index < -0.39 is 17.9 Å². The standard InChI is InChI=1S/C24H21ClN2O3/c1-15-5-7-16(8-6-15)14-27-21-10-9-18(25)12-20(21)24(30,23(27)29)13-22(28)17-3-2-4-19(26)11-17/h2-12,30H,13-14,26H2,1H3/t24-/m0/s1. The fourth-order valence-corrected chi connectivity index (χ4v) is 3.95. The third-order valence-corrected chi connectivity index (χ3v) is 5.62. The number of ketones is 1. The zero-order valence-electron chi connectivity index (χ0n) is 16.4. The molecule has 1 heterocycles. The summed E-state index contributed by atoms with van der Waals surface area (Å²) in [7, 11) is 0. The number of halogens is 1. The Morgan fingerprint density at radius 2 is 1.83 bits per heavy atom. The van der Waals surface area contributed by atoms with E-state index in [4.69, 9.17) is 17.3 Å². The molecule has 0 radical (unpaired) electrons. The van der Waals surface area contributed by atoms with Gasteiger partial charge in [-0.2, -0.15) is 0 Å². The van der Waals surface area contributed by atoms with Gasteiger partial charge in [0.15, 0.2) is 11.4 Å². The molecule has 0 aromatic heterocycles. The van der Waals surface area contributed by atoms with E-state index in [0.29, 0.717) is 27.5 Å². The number of benzene rings is 3. The number of Topliss-reactive ketones (excluding diaryl/α,β-unsaturated/α-hetero) is 1. The Labute approximate surface area is 179 Å². The number of hydrogen-bond acceptors (Lipinski definition) is 4. The Morgan fingerprint density at radius 1 is 1.10 bits per heavy atom. The lowest BCUT2D eigenvalue weighted by Gasteiger charge is -2.23. The van der Waals surface area contributed by atoms with E-state index >= 15 is 0 Å². The maximum atomic E-state index is 13.4. The van der Waals surface area contributed by atoms with Crippen LogP contribution < -0.4 is 10.6 Å². The summed E-state index contributed by atoms with van der Waals surface area (Å²) in [4.78, 5) is 27.7. The summed E-state index contributed by atoms with van der Waals surface area (Å²) < 4.78 is 0. The van der Waals surface area contributed by atoms with E-state index in [-0.39, 0.29) is 12.3 Å². The van der Waals surface area contributed by atoms with Crippen LogP contribution in [0.5, 0.6) is 0 Å². The van der Waals surface area contributed by atoms with Gasteiger partial charge < -0.3 is 15.7 Å². The monoisotopic (exact) mass is 420 g/mol. The molecule has 5 nitrogen and oxygen atoms in total. The summed E-state index contributed by atoms with van der Waals surface area (Å²) in [6.45, 7) is 2.27. The number of hydrogen-bond donors (Lipinski definition) is 2. The summed E-state index contributed by atoms with van der Waals surface area (Å²) in [6.07, 6.45) is -0.396. The number of fused-ring (bicyclic) bond motifs is 1. The van der Waals surface area contributed by atoms with E-state index in [1.54, 1.807) is 36.4 Å². The van der Waals surface area contributed by atoms with E-state index in [0.717, 1.165) is 11.1 Å². The molecule has 3 aromatic rings. The highest BCUT2D eigenvalue weighted by Crippen LogP contribution is 2.44. The topological polar surface area (TPSA) is 83.6 Å². The number of aliphatic hydroxyl groups is 1. The third-order valence-electron chi connectivity index (χ3n) is 5.38. The lowest BCUT2D eigenvalue weighted by Crippen LogP contribution is -2.41. The van der Waals surface area contributed by atoms with Crippen LogP contribution in [-0.2, 0) is 16.9 Å². The van der Waals surface area contributed by atoms with Gasteiger partial charge in [-0.1, -0.05) is 53.6 Å². The van der Waals surface area contributed by atoms with Gasteiger partial charge in [-0.25, -0.2) is 0 Å². The van der Waals surface area contributed by atoms with Gasteiger partial charge in [0.1, 0.15) is 0 Å². The normalized spacial score (nSPS) is 17.8. The van der Waals surface area contributed by atoms with Crippen molar-refractivity contribution in [3.63, 3.8) is 0 Å². The fourth-order valence-electron chi connectivity index (χ4n) is 3.77. The molecule has 1 aliphatic rings. The van der Waals surface area contributed by atoms with Gasteiger partial charge in [0.2, 0.25) is 0 Å². The van der Waals surface area contributed by atoms with Crippen molar-refractivity contribution in [1.82, 2.24) is 0 Å². The zero-order valence-corrected chi connectivity index (χ0v) is 17.2. The van der Waals surface area contributed by atoms with Crippen LogP contribution in [0.3, 0.4) is 0 Å². The molecule has 0 fully saturated rings. The first-order chi connectivity index (χ1) is 14.3. The average Bonchev–Trinajstić information content (AvgIpc) is 2.91. The molecule has 4 rings (SSSR count). The maximum Gasteiger partial charge on any atom is 0.264 e. The van der Waals surface area contributed by atoms with Gasteiger partial charge in [-0.05, 0) is 42.8 Å². The lowest BCUT2D eigenvalue weighted by molar-refractivity contribution is -0.136. The van der Waals surface area contributed by atoms with E-state index in [1.807, 2.05) is 31.2 Å². The van der Waals surface area contributed by atoms with E-state index in [2.05, 4.69) is 0 Å². The molecule has 3 aromatic carbocycles. The predicted molar refractivity (Wildman–Crippen MR) is 118 cm³/mol. The molecule has 0 saturated heterocycles. The maximum absolute atomic E-state index is 13.4. The molecule has 0 bridgehead atoms. The number of rotatable bonds is 5. The Kier molecular flexibility index (Phi) is 5.10. The molecule has 6 heteroatoms. The lowest BCUT2D eigenvalue weighted by atomic mass is 9.88. The minimum Gasteiger partial charge on any atom is -0.399 e. The van der Waals surface area contributed by atoms with Gasteiger partial charge >= 0.3 is 0 Å². The number of amides is 1. The van der Waals surface area contributed by atoms with Gasteiger partial charge in [0.05, 0.1) is 18.7 Å². The molecule has 30 heavy (non-hydrogen) atoms. The number of nitrogens with zero attached hydrogens (tertiary/aromatic N) is 1. The molecular weight excluding hydrogens is 400 g/mol. The van der Waals surface area contributed by atoms with Crippen LogP contribution in [0.25, 0.3) is 0 Å². The van der Waals surface area contributed by atoms with Crippen LogP contribution in [0.4, 0.5) is 11.4 Å². The van der Waals surface area contributed by atoms with Crippen molar-refractivity contribution < 1.29 is 14.7 Å². The average molecular weight is 421 g/mol. The van der Waals surface area contributed by atoms with Crippen LogP contribution >= 0.6 is 11.6 Å². The first-order valence-corrected chi connectivity index (χ1v) is 9.94. The number of nitrogen functional groups attached to an aromatic ring is 1. The van der Waals surface area contributed by atoms with E-state index in [1.165, 1.54) is 11.0 Å². The summed E-state index contributed by atoms with van der Waals surface area (Å²) in [5.41, 5.74) is 7.48. The Morgan fingerprint density at radius 3 is 2.53 bits per heavy atom. The summed E-state index contributed by atoms with van der Waals surface area (Å²) in [6, 6.07) is 19.2. The third kappa shape index (κ3) is 3.58. The highest BCUT2D eigenvalue weighted by molar-refractivity contribution is 6.31. The van der Waals surface area contributed by atoms with Crippen molar-refractivity contribution in [2.75, 3.05) is 10.6 Å². The SMILES string of the molecule is Cc1ccc(CN2C(=O)[C@](O)(CC(=O)c3cccc(N)c3)c3cc(Cl)ccc32)cc1. The smallest absolute Gasteiger partial charge is 0.264 e. The van der Waals surface area contributed by atoms with Crippen LogP contribution in [0.1, 0.15) is 33.5 Å².